The largest absolute Gasteiger partial charge is 0.295 e. The highest BCUT2D eigenvalue weighted by Gasteiger charge is 2.08. The van der Waals surface area contributed by atoms with Gasteiger partial charge < -0.3 is 0 Å². The van der Waals surface area contributed by atoms with Crippen molar-refractivity contribution in [1.29, 1.82) is 0 Å². The summed E-state index contributed by atoms with van der Waals surface area (Å²) in [5, 5.41) is 5.27. The van der Waals surface area contributed by atoms with Gasteiger partial charge in [0.2, 0.25) is 0 Å². The lowest BCUT2D eigenvalue weighted by Gasteiger charge is -2.10. The Morgan fingerprint density at radius 3 is 2.46 bits per heavy atom. The van der Waals surface area contributed by atoms with Crippen LogP contribution in [0.15, 0.2) is 60.9 Å². The quantitative estimate of drug-likeness (QED) is 0.463. The fourth-order valence-electron chi connectivity index (χ4n) is 2.14. The molecule has 0 radical (unpaired) electrons. The second-order valence-corrected chi connectivity index (χ2v) is 6.50. The number of hydrogen-bond acceptors (Lipinski definition) is 3. The minimum Gasteiger partial charge on any atom is -0.295 e. The number of carbonyl (C=O) groups excluding carboxylic acids is 1. The van der Waals surface area contributed by atoms with Crippen LogP contribution in [0, 0.1) is 0 Å². The molecule has 0 unspecified atom stereocenters. The molecule has 0 fully saturated rings. The van der Waals surface area contributed by atoms with E-state index in [1.807, 2.05) is 36.5 Å². The Hall–Kier alpha value is -2.47. The fourth-order valence-corrected chi connectivity index (χ4v) is 3.06. The lowest BCUT2D eigenvalue weighted by molar-refractivity contribution is -0.115. The molecule has 3 rings (SSSR count). The Morgan fingerprint density at radius 1 is 1.08 bits per heavy atom. The minimum absolute atomic E-state index is 0.302. The zero-order valence-corrected chi connectivity index (χ0v) is 15.6. The Morgan fingerprint density at radius 2 is 1.77 bits per heavy atom. The first-order valence-corrected chi connectivity index (χ1v) is 8.65. The minimum atomic E-state index is -0.375. The van der Waals surface area contributed by atoms with Gasteiger partial charge in [0.25, 0.3) is 5.91 Å². The van der Waals surface area contributed by atoms with E-state index in [9.17, 15) is 4.79 Å². The van der Waals surface area contributed by atoms with Crippen LogP contribution < -0.4 is 10.9 Å². The molecule has 0 spiro atoms. The number of carbonyl (C=O) groups is 1. The molecule has 0 aliphatic carbocycles. The van der Waals surface area contributed by atoms with E-state index in [1.54, 1.807) is 17.0 Å². The van der Waals surface area contributed by atoms with Gasteiger partial charge in [-0.05, 0) is 30.3 Å². The molecule has 0 bridgehead atoms. The van der Waals surface area contributed by atoms with Crippen LogP contribution in [-0.4, -0.2) is 15.7 Å². The van der Waals surface area contributed by atoms with Gasteiger partial charge in [-0.2, -0.15) is 5.10 Å². The molecule has 2 N–H and O–H groups in total. The third kappa shape index (κ3) is 4.58. The van der Waals surface area contributed by atoms with Crippen molar-refractivity contribution in [3.8, 4) is 5.69 Å². The number of amides is 1. The van der Waals surface area contributed by atoms with E-state index < -0.39 is 0 Å². The molecule has 0 saturated heterocycles. The molecule has 1 heterocycles. The number of para-hydroxylation sites is 1. The van der Waals surface area contributed by atoms with Crippen LogP contribution in [0.3, 0.4) is 0 Å². The first-order chi connectivity index (χ1) is 12.5. The molecule has 5 nitrogen and oxygen atoms in total. The summed E-state index contributed by atoms with van der Waals surface area (Å²) in [5.41, 5.74) is 7.27. The highest BCUT2D eigenvalue weighted by molar-refractivity contribution is 6.41. The first kappa shape index (κ1) is 18.3. The van der Waals surface area contributed by atoms with Crippen LogP contribution in [0.5, 0.6) is 0 Å². The van der Waals surface area contributed by atoms with Gasteiger partial charge in [-0.25, -0.2) is 4.68 Å². The topological polar surface area (TPSA) is 59.0 Å². The lowest BCUT2D eigenvalue weighted by Crippen LogP contribution is -2.27. The van der Waals surface area contributed by atoms with Gasteiger partial charge in [0.15, 0.2) is 0 Å². The van der Waals surface area contributed by atoms with E-state index in [0.717, 1.165) is 11.3 Å². The lowest BCUT2D eigenvalue weighted by atomic mass is 10.3. The number of hydrazine groups is 1. The Balaban J connectivity index is 1.61. The SMILES string of the molecule is O=C(/C=C\c1cnn(-c2ccccc2)c1)NNc1c(Cl)cc(Cl)cc1Cl. The highest BCUT2D eigenvalue weighted by atomic mass is 35.5. The summed E-state index contributed by atoms with van der Waals surface area (Å²) in [6, 6.07) is 12.7. The van der Waals surface area contributed by atoms with Crippen molar-refractivity contribution in [3.05, 3.63) is 81.6 Å². The maximum absolute atomic E-state index is 12.0. The number of nitrogens with one attached hydrogen (secondary N) is 2. The number of halogens is 3. The molecule has 0 aliphatic rings. The van der Waals surface area contributed by atoms with Gasteiger partial charge in [0.05, 0.1) is 27.6 Å². The van der Waals surface area contributed by atoms with Crippen molar-refractivity contribution in [2.24, 2.45) is 0 Å². The van der Waals surface area contributed by atoms with Gasteiger partial charge in [0, 0.05) is 22.9 Å². The molecule has 3 aromatic rings. The Kier molecular flexibility index (Phi) is 5.83. The van der Waals surface area contributed by atoms with Crippen molar-refractivity contribution < 1.29 is 4.79 Å². The summed E-state index contributed by atoms with van der Waals surface area (Å²) in [6.07, 6.45) is 6.50. The van der Waals surface area contributed by atoms with E-state index in [2.05, 4.69) is 16.0 Å². The second-order valence-electron chi connectivity index (χ2n) is 5.25. The van der Waals surface area contributed by atoms with E-state index in [-0.39, 0.29) is 5.91 Å². The summed E-state index contributed by atoms with van der Waals surface area (Å²) >= 11 is 17.9. The number of aromatic nitrogens is 2. The van der Waals surface area contributed by atoms with Gasteiger partial charge >= 0.3 is 0 Å². The van der Waals surface area contributed by atoms with Gasteiger partial charge in [0.1, 0.15) is 0 Å². The van der Waals surface area contributed by atoms with Gasteiger partial charge in [-0.3, -0.25) is 15.6 Å². The molecule has 8 heteroatoms. The second kappa shape index (κ2) is 8.27. The van der Waals surface area contributed by atoms with Crippen LogP contribution in [0.25, 0.3) is 11.8 Å². The zero-order chi connectivity index (χ0) is 18.5. The molecule has 132 valence electrons. The molecule has 0 atom stereocenters. The predicted molar refractivity (Wildman–Crippen MR) is 106 cm³/mol. The standard InChI is InChI=1S/C18H13Cl3N4O/c19-13-8-15(20)18(16(21)9-13)24-23-17(26)7-6-12-10-22-25(11-12)14-4-2-1-3-5-14/h1-11,24H,(H,23,26)/b7-6-. The summed E-state index contributed by atoms with van der Waals surface area (Å²) in [4.78, 5) is 12.0. The van der Waals surface area contributed by atoms with Crippen LogP contribution in [-0.2, 0) is 4.79 Å². The summed E-state index contributed by atoms with van der Waals surface area (Å²) < 4.78 is 1.73. The van der Waals surface area contributed by atoms with E-state index >= 15 is 0 Å². The smallest absolute Gasteiger partial charge is 0.262 e. The van der Waals surface area contributed by atoms with Crippen LogP contribution >= 0.6 is 34.8 Å². The first-order valence-electron chi connectivity index (χ1n) is 7.51. The molecule has 1 aromatic heterocycles. The average molecular weight is 408 g/mol. The fraction of sp³-hybridized carbons (Fsp3) is 0. The maximum Gasteiger partial charge on any atom is 0.262 e. The molecule has 2 aromatic carbocycles. The van der Waals surface area contributed by atoms with E-state index in [4.69, 9.17) is 34.8 Å². The van der Waals surface area contributed by atoms with Gasteiger partial charge in [-0.1, -0.05) is 53.0 Å². The van der Waals surface area contributed by atoms with E-state index in [0.29, 0.717) is 20.8 Å². The van der Waals surface area contributed by atoms with Crippen molar-refractivity contribution in [3.63, 3.8) is 0 Å². The summed E-state index contributed by atoms with van der Waals surface area (Å²) in [7, 11) is 0. The Labute approximate surface area is 165 Å². The van der Waals surface area contributed by atoms with Gasteiger partial charge in [-0.15, -0.1) is 0 Å². The monoisotopic (exact) mass is 406 g/mol. The van der Waals surface area contributed by atoms with Crippen LogP contribution in [0.4, 0.5) is 5.69 Å². The molecular weight excluding hydrogens is 395 g/mol. The van der Waals surface area contributed by atoms with Crippen molar-refractivity contribution >= 4 is 52.5 Å². The van der Waals surface area contributed by atoms with Crippen molar-refractivity contribution in [2.75, 3.05) is 5.43 Å². The van der Waals surface area contributed by atoms with E-state index in [1.165, 1.54) is 18.2 Å². The maximum atomic E-state index is 12.0. The Bertz CT molecular complexity index is 931. The molecular formula is C18H13Cl3N4O. The van der Waals surface area contributed by atoms with Crippen LogP contribution in [0.2, 0.25) is 15.1 Å². The number of hydrogen-bond donors (Lipinski definition) is 2. The number of nitrogens with zero attached hydrogens (tertiary/aromatic N) is 2. The number of anilines is 1. The van der Waals surface area contributed by atoms with Crippen molar-refractivity contribution in [1.82, 2.24) is 15.2 Å². The molecule has 1 amide bonds. The molecule has 0 aliphatic heterocycles. The number of rotatable bonds is 5. The van der Waals surface area contributed by atoms with Crippen molar-refractivity contribution in [2.45, 2.75) is 0 Å². The summed E-state index contributed by atoms with van der Waals surface area (Å²) in [6.45, 7) is 0. The van der Waals surface area contributed by atoms with Crippen LogP contribution in [0.1, 0.15) is 5.56 Å². The average Bonchev–Trinajstić information content (AvgIpc) is 3.09. The normalized spacial score (nSPS) is 10.9. The molecule has 0 saturated carbocycles. The third-order valence-electron chi connectivity index (χ3n) is 3.37. The number of benzene rings is 2. The predicted octanol–water partition coefficient (Wildman–Crippen LogP) is 4.99. The zero-order valence-electron chi connectivity index (χ0n) is 13.3. The summed E-state index contributed by atoms with van der Waals surface area (Å²) in [5.74, 6) is -0.375. The highest BCUT2D eigenvalue weighted by Crippen LogP contribution is 2.33. The molecule has 26 heavy (non-hydrogen) atoms. The third-order valence-corrected chi connectivity index (χ3v) is 4.18.